The molecule has 1 amide bonds. The Balaban J connectivity index is 1.90. The summed E-state index contributed by atoms with van der Waals surface area (Å²) < 4.78 is 39.5. The molecule has 3 N–H and O–H groups in total. The van der Waals surface area contributed by atoms with Crippen LogP contribution in [0.1, 0.15) is 12.5 Å². The zero-order chi connectivity index (χ0) is 18.4. The molecule has 0 aliphatic rings. The number of benzene rings is 2. The molecule has 25 heavy (non-hydrogen) atoms. The lowest BCUT2D eigenvalue weighted by molar-refractivity contribution is -0.115. The van der Waals surface area contributed by atoms with Gasteiger partial charge in [0.05, 0.1) is 12.2 Å². The Morgan fingerprint density at radius 1 is 1.00 bits per heavy atom. The largest absolute Gasteiger partial charge is 0.353 e. The SMILES string of the molecule is CCc1ccccc1NC(=S)NCC(=O)Nc1ccc(F)c(F)c1F. The number of hydrogen-bond acceptors (Lipinski definition) is 2. The summed E-state index contributed by atoms with van der Waals surface area (Å²) in [7, 11) is 0. The quantitative estimate of drug-likeness (QED) is 0.558. The Morgan fingerprint density at radius 3 is 2.44 bits per heavy atom. The number of halogens is 3. The Morgan fingerprint density at radius 2 is 1.72 bits per heavy atom. The topological polar surface area (TPSA) is 53.2 Å². The van der Waals surface area contributed by atoms with Crippen LogP contribution in [0.15, 0.2) is 36.4 Å². The third-order valence-electron chi connectivity index (χ3n) is 3.37. The predicted molar refractivity (Wildman–Crippen MR) is 95.0 cm³/mol. The fourth-order valence-electron chi connectivity index (χ4n) is 2.09. The molecule has 2 rings (SSSR count). The second-order valence-electron chi connectivity index (χ2n) is 5.09. The van der Waals surface area contributed by atoms with Crippen molar-refractivity contribution in [2.24, 2.45) is 0 Å². The highest BCUT2D eigenvalue weighted by molar-refractivity contribution is 7.80. The summed E-state index contributed by atoms with van der Waals surface area (Å²) in [6, 6.07) is 9.23. The molecule has 0 atom stereocenters. The lowest BCUT2D eigenvalue weighted by Gasteiger charge is -2.13. The molecule has 4 nitrogen and oxygen atoms in total. The van der Waals surface area contributed by atoms with E-state index in [1.165, 1.54) is 0 Å². The van der Waals surface area contributed by atoms with Crippen molar-refractivity contribution in [2.75, 3.05) is 17.2 Å². The van der Waals surface area contributed by atoms with Crippen LogP contribution in [-0.4, -0.2) is 17.6 Å². The second-order valence-corrected chi connectivity index (χ2v) is 5.50. The number of thiocarbonyl (C=S) groups is 1. The molecule has 2 aromatic carbocycles. The average Bonchev–Trinajstić information content (AvgIpc) is 2.61. The van der Waals surface area contributed by atoms with Crippen LogP contribution < -0.4 is 16.0 Å². The van der Waals surface area contributed by atoms with E-state index < -0.39 is 29.0 Å². The van der Waals surface area contributed by atoms with Crippen LogP contribution >= 0.6 is 12.2 Å². The van der Waals surface area contributed by atoms with Crippen molar-refractivity contribution in [1.29, 1.82) is 0 Å². The van der Waals surface area contributed by atoms with Crippen LogP contribution in [-0.2, 0) is 11.2 Å². The van der Waals surface area contributed by atoms with E-state index in [2.05, 4.69) is 16.0 Å². The van der Waals surface area contributed by atoms with Crippen molar-refractivity contribution >= 4 is 34.6 Å². The highest BCUT2D eigenvalue weighted by Gasteiger charge is 2.15. The fraction of sp³-hybridized carbons (Fsp3) is 0.176. The van der Waals surface area contributed by atoms with Gasteiger partial charge in [0, 0.05) is 5.69 Å². The Labute approximate surface area is 148 Å². The van der Waals surface area contributed by atoms with Crippen LogP contribution in [0.3, 0.4) is 0 Å². The van der Waals surface area contributed by atoms with E-state index >= 15 is 0 Å². The first kappa shape index (κ1) is 18.7. The van der Waals surface area contributed by atoms with Gasteiger partial charge >= 0.3 is 0 Å². The van der Waals surface area contributed by atoms with Gasteiger partial charge in [0.25, 0.3) is 0 Å². The first-order chi connectivity index (χ1) is 11.9. The van der Waals surface area contributed by atoms with E-state index in [0.717, 1.165) is 29.8 Å². The van der Waals surface area contributed by atoms with Gasteiger partial charge in [-0.2, -0.15) is 0 Å². The van der Waals surface area contributed by atoms with E-state index in [1.54, 1.807) is 0 Å². The van der Waals surface area contributed by atoms with E-state index in [-0.39, 0.29) is 11.7 Å². The predicted octanol–water partition coefficient (Wildman–Crippen LogP) is 3.59. The van der Waals surface area contributed by atoms with Gasteiger partial charge < -0.3 is 16.0 Å². The van der Waals surface area contributed by atoms with Gasteiger partial charge in [-0.1, -0.05) is 25.1 Å². The summed E-state index contributed by atoms with van der Waals surface area (Å²) >= 11 is 5.10. The summed E-state index contributed by atoms with van der Waals surface area (Å²) in [5, 5.41) is 7.99. The first-order valence-corrected chi connectivity index (χ1v) is 7.89. The van der Waals surface area contributed by atoms with Gasteiger partial charge in [0.15, 0.2) is 22.6 Å². The van der Waals surface area contributed by atoms with Crippen molar-refractivity contribution in [3.63, 3.8) is 0 Å². The highest BCUT2D eigenvalue weighted by atomic mass is 32.1. The lowest BCUT2D eigenvalue weighted by Crippen LogP contribution is -2.36. The summed E-state index contributed by atoms with van der Waals surface area (Å²) in [6.45, 7) is 1.74. The van der Waals surface area contributed by atoms with Crippen LogP contribution in [0, 0.1) is 17.5 Å². The molecule has 0 radical (unpaired) electrons. The van der Waals surface area contributed by atoms with Crippen molar-refractivity contribution in [1.82, 2.24) is 5.32 Å². The third-order valence-corrected chi connectivity index (χ3v) is 3.61. The summed E-state index contributed by atoms with van der Waals surface area (Å²) in [6.07, 6.45) is 0.807. The van der Waals surface area contributed by atoms with E-state index in [4.69, 9.17) is 12.2 Å². The second kappa shape index (κ2) is 8.48. The third kappa shape index (κ3) is 4.93. The zero-order valence-corrected chi connectivity index (χ0v) is 14.1. The Hall–Kier alpha value is -2.61. The molecule has 0 aromatic heterocycles. The number of carbonyl (C=O) groups excluding carboxylic acids is 1. The maximum atomic E-state index is 13.5. The summed E-state index contributed by atoms with van der Waals surface area (Å²) in [5.41, 5.74) is 1.43. The van der Waals surface area contributed by atoms with Crippen LogP contribution in [0.25, 0.3) is 0 Å². The van der Waals surface area contributed by atoms with E-state index in [1.807, 2.05) is 31.2 Å². The number of amides is 1. The number of hydrogen-bond donors (Lipinski definition) is 3. The molecular formula is C17H16F3N3OS. The first-order valence-electron chi connectivity index (χ1n) is 7.48. The molecule has 0 fully saturated rings. The molecule has 0 saturated carbocycles. The van der Waals surface area contributed by atoms with Crippen LogP contribution in [0.2, 0.25) is 0 Å². The maximum Gasteiger partial charge on any atom is 0.243 e. The zero-order valence-electron chi connectivity index (χ0n) is 13.3. The van der Waals surface area contributed by atoms with Gasteiger partial charge in [-0.15, -0.1) is 0 Å². The molecule has 0 aliphatic carbocycles. The number of anilines is 2. The molecule has 0 unspecified atom stereocenters. The fourth-order valence-corrected chi connectivity index (χ4v) is 2.28. The molecule has 0 spiro atoms. The number of carbonyl (C=O) groups is 1. The minimum absolute atomic E-state index is 0.210. The van der Waals surface area contributed by atoms with E-state index in [0.29, 0.717) is 0 Å². The monoisotopic (exact) mass is 367 g/mol. The number of rotatable bonds is 5. The molecular weight excluding hydrogens is 351 g/mol. The van der Waals surface area contributed by atoms with Gasteiger partial charge in [-0.3, -0.25) is 4.79 Å². The van der Waals surface area contributed by atoms with Gasteiger partial charge in [0.2, 0.25) is 5.91 Å². The Kier molecular flexibility index (Phi) is 6.35. The number of nitrogens with one attached hydrogen (secondary N) is 3. The Bertz CT molecular complexity index is 799. The molecule has 0 heterocycles. The maximum absolute atomic E-state index is 13.5. The van der Waals surface area contributed by atoms with Gasteiger partial charge in [0.1, 0.15) is 0 Å². The molecule has 0 aliphatic heterocycles. The average molecular weight is 367 g/mol. The summed E-state index contributed by atoms with van der Waals surface area (Å²) in [4.78, 5) is 11.8. The van der Waals surface area contributed by atoms with E-state index in [9.17, 15) is 18.0 Å². The van der Waals surface area contributed by atoms with Gasteiger partial charge in [-0.05, 0) is 42.4 Å². The van der Waals surface area contributed by atoms with Crippen LogP contribution in [0.5, 0.6) is 0 Å². The molecule has 2 aromatic rings. The summed E-state index contributed by atoms with van der Waals surface area (Å²) in [5.74, 6) is -5.07. The molecule has 8 heteroatoms. The van der Waals surface area contributed by atoms with Crippen molar-refractivity contribution in [3.05, 3.63) is 59.4 Å². The highest BCUT2D eigenvalue weighted by Crippen LogP contribution is 2.19. The molecule has 0 bridgehead atoms. The molecule has 0 saturated heterocycles. The lowest BCUT2D eigenvalue weighted by atomic mass is 10.1. The number of para-hydroxylation sites is 1. The molecule has 132 valence electrons. The van der Waals surface area contributed by atoms with Gasteiger partial charge in [-0.25, -0.2) is 13.2 Å². The smallest absolute Gasteiger partial charge is 0.243 e. The van der Waals surface area contributed by atoms with Crippen LogP contribution in [0.4, 0.5) is 24.5 Å². The standard InChI is InChI=1S/C17H16F3N3OS/c1-2-10-5-3-4-6-12(10)23-17(25)21-9-14(24)22-13-8-7-11(18)15(19)16(13)20/h3-8H,2,9H2,1H3,(H,22,24)(H2,21,23,25). The van der Waals surface area contributed by atoms with Crippen molar-refractivity contribution in [2.45, 2.75) is 13.3 Å². The number of aryl methyl sites for hydroxylation is 1. The minimum atomic E-state index is -1.64. The normalized spacial score (nSPS) is 10.2. The van der Waals surface area contributed by atoms with Crippen molar-refractivity contribution in [3.8, 4) is 0 Å². The minimum Gasteiger partial charge on any atom is -0.353 e. The van der Waals surface area contributed by atoms with Crippen molar-refractivity contribution < 1.29 is 18.0 Å².